The molecular weight excluding hydrogens is 246 g/mol. The molecule has 0 spiro atoms. The highest BCUT2D eigenvalue weighted by molar-refractivity contribution is 5.78. The van der Waals surface area contributed by atoms with Crippen molar-refractivity contribution in [3.63, 3.8) is 0 Å². The van der Waals surface area contributed by atoms with Gasteiger partial charge in [-0.3, -0.25) is 9.78 Å². The Hall–Kier alpha value is -2.48. The number of aryl methyl sites for hydroxylation is 1. The molecule has 2 nitrogen and oxygen atoms in total. The van der Waals surface area contributed by atoms with Crippen LogP contribution in [0.5, 0.6) is 0 Å². The van der Waals surface area contributed by atoms with Crippen LogP contribution in [0, 0.1) is 6.92 Å². The van der Waals surface area contributed by atoms with Crippen molar-refractivity contribution in [3.05, 3.63) is 77.0 Å². The van der Waals surface area contributed by atoms with Crippen molar-refractivity contribution in [1.82, 2.24) is 4.98 Å². The largest absolute Gasteiger partial charge is 0.298 e. The van der Waals surface area contributed by atoms with Crippen LogP contribution in [0.2, 0.25) is 0 Å². The Morgan fingerprint density at radius 3 is 2.75 bits per heavy atom. The Morgan fingerprint density at radius 2 is 1.90 bits per heavy atom. The zero-order valence-electron chi connectivity index (χ0n) is 11.3. The standard InChI is InChI=1S/C18H15NO/c1-13-6-7-14(12-20)10-16(13)11-17-9-8-15-4-2-3-5-18(15)19-17/h2-10,12H,11H2,1H3. The zero-order valence-corrected chi connectivity index (χ0v) is 11.3. The molecule has 1 heterocycles. The summed E-state index contributed by atoms with van der Waals surface area (Å²) in [6, 6.07) is 18.0. The van der Waals surface area contributed by atoms with Crippen molar-refractivity contribution >= 4 is 17.2 Å². The van der Waals surface area contributed by atoms with Gasteiger partial charge in [-0.15, -0.1) is 0 Å². The second-order valence-electron chi connectivity index (χ2n) is 4.98. The first-order valence-electron chi connectivity index (χ1n) is 6.65. The van der Waals surface area contributed by atoms with Crippen LogP contribution >= 0.6 is 0 Å². The molecule has 0 saturated heterocycles. The Bertz CT molecular complexity index is 777. The van der Waals surface area contributed by atoms with Crippen LogP contribution in [-0.4, -0.2) is 11.3 Å². The number of nitrogens with zero attached hydrogens (tertiary/aromatic N) is 1. The van der Waals surface area contributed by atoms with Crippen LogP contribution < -0.4 is 0 Å². The van der Waals surface area contributed by atoms with Gasteiger partial charge in [-0.1, -0.05) is 36.4 Å². The van der Waals surface area contributed by atoms with E-state index in [2.05, 4.69) is 30.1 Å². The molecule has 0 bridgehead atoms. The maximum atomic E-state index is 10.9. The highest BCUT2D eigenvalue weighted by Crippen LogP contribution is 2.17. The van der Waals surface area contributed by atoms with Gasteiger partial charge in [0.05, 0.1) is 5.52 Å². The number of aromatic nitrogens is 1. The zero-order chi connectivity index (χ0) is 13.9. The van der Waals surface area contributed by atoms with E-state index in [9.17, 15) is 4.79 Å². The summed E-state index contributed by atoms with van der Waals surface area (Å²) in [5.41, 5.74) is 5.08. The van der Waals surface area contributed by atoms with E-state index in [4.69, 9.17) is 0 Å². The number of hydrogen-bond donors (Lipinski definition) is 0. The minimum atomic E-state index is 0.714. The van der Waals surface area contributed by atoms with E-state index in [1.54, 1.807) is 0 Å². The molecule has 0 atom stereocenters. The molecule has 20 heavy (non-hydrogen) atoms. The number of aldehydes is 1. The van der Waals surface area contributed by atoms with Gasteiger partial charge in [-0.25, -0.2) is 0 Å². The fraction of sp³-hybridized carbons (Fsp3) is 0.111. The predicted octanol–water partition coefficient (Wildman–Crippen LogP) is 3.95. The molecule has 1 aromatic heterocycles. The molecule has 0 radical (unpaired) electrons. The van der Waals surface area contributed by atoms with E-state index in [0.29, 0.717) is 5.56 Å². The first-order chi connectivity index (χ1) is 9.76. The highest BCUT2D eigenvalue weighted by Gasteiger charge is 2.04. The molecule has 2 heteroatoms. The van der Waals surface area contributed by atoms with Crippen LogP contribution in [0.4, 0.5) is 0 Å². The third kappa shape index (κ3) is 2.45. The average Bonchev–Trinajstić information content (AvgIpc) is 2.49. The number of hydrogen-bond acceptors (Lipinski definition) is 2. The maximum absolute atomic E-state index is 10.9. The third-order valence-electron chi connectivity index (χ3n) is 3.54. The molecule has 98 valence electrons. The molecule has 2 aromatic carbocycles. The van der Waals surface area contributed by atoms with Gasteiger partial charge < -0.3 is 0 Å². The minimum Gasteiger partial charge on any atom is -0.298 e. The van der Waals surface area contributed by atoms with Crippen molar-refractivity contribution in [3.8, 4) is 0 Å². The fourth-order valence-electron chi connectivity index (χ4n) is 2.36. The van der Waals surface area contributed by atoms with Gasteiger partial charge in [0.2, 0.25) is 0 Å². The molecule has 0 fully saturated rings. The van der Waals surface area contributed by atoms with E-state index in [1.165, 1.54) is 5.56 Å². The number of fused-ring (bicyclic) bond motifs is 1. The van der Waals surface area contributed by atoms with Crippen molar-refractivity contribution < 1.29 is 4.79 Å². The van der Waals surface area contributed by atoms with E-state index < -0.39 is 0 Å². The summed E-state index contributed by atoms with van der Waals surface area (Å²) in [6.07, 6.45) is 1.63. The number of benzene rings is 2. The molecule has 3 aromatic rings. The molecule has 0 aliphatic carbocycles. The minimum absolute atomic E-state index is 0.714. The van der Waals surface area contributed by atoms with Crippen molar-refractivity contribution in [2.24, 2.45) is 0 Å². The van der Waals surface area contributed by atoms with E-state index in [1.807, 2.05) is 36.4 Å². The third-order valence-corrected chi connectivity index (χ3v) is 3.54. The molecular formula is C18H15NO. The Morgan fingerprint density at radius 1 is 1.05 bits per heavy atom. The number of rotatable bonds is 3. The first kappa shape index (κ1) is 12.5. The van der Waals surface area contributed by atoms with Gasteiger partial charge in [-0.2, -0.15) is 0 Å². The second-order valence-corrected chi connectivity index (χ2v) is 4.98. The summed E-state index contributed by atoms with van der Waals surface area (Å²) in [5, 5.41) is 1.15. The van der Waals surface area contributed by atoms with Crippen LogP contribution in [0.3, 0.4) is 0 Å². The molecule has 3 rings (SSSR count). The predicted molar refractivity (Wildman–Crippen MR) is 81.1 cm³/mol. The van der Waals surface area contributed by atoms with Gasteiger partial charge >= 0.3 is 0 Å². The van der Waals surface area contributed by atoms with Gasteiger partial charge in [-0.05, 0) is 36.2 Å². The van der Waals surface area contributed by atoms with Crippen molar-refractivity contribution in [2.75, 3.05) is 0 Å². The Kier molecular flexibility index (Phi) is 3.30. The highest BCUT2D eigenvalue weighted by atomic mass is 16.1. The normalized spacial score (nSPS) is 10.7. The van der Waals surface area contributed by atoms with Gasteiger partial charge in [0.1, 0.15) is 6.29 Å². The molecule has 0 amide bonds. The summed E-state index contributed by atoms with van der Waals surface area (Å²) in [7, 11) is 0. The lowest BCUT2D eigenvalue weighted by atomic mass is 10.0. The monoisotopic (exact) mass is 261 g/mol. The lowest BCUT2D eigenvalue weighted by Crippen LogP contribution is -1.96. The van der Waals surface area contributed by atoms with E-state index in [-0.39, 0.29) is 0 Å². The van der Waals surface area contributed by atoms with Crippen molar-refractivity contribution in [1.29, 1.82) is 0 Å². The van der Waals surface area contributed by atoms with Crippen molar-refractivity contribution in [2.45, 2.75) is 13.3 Å². The summed E-state index contributed by atoms with van der Waals surface area (Å²) in [6.45, 7) is 2.06. The van der Waals surface area contributed by atoms with Crippen LogP contribution in [0.15, 0.2) is 54.6 Å². The topological polar surface area (TPSA) is 30.0 Å². The molecule has 0 saturated carbocycles. The smallest absolute Gasteiger partial charge is 0.150 e. The van der Waals surface area contributed by atoms with Gasteiger partial charge in [0.15, 0.2) is 0 Å². The first-order valence-corrected chi connectivity index (χ1v) is 6.65. The van der Waals surface area contributed by atoms with E-state index in [0.717, 1.165) is 34.9 Å². The quantitative estimate of drug-likeness (QED) is 0.668. The fourth-order valence-corrected chi connectivity index (χ4v) is 2.36. The molecule has 0 aliphatic rings. The number of carbonyl (C=O) groups excluding carboxylic acids is 1. The lowest BCUT2D eigenvalue weighted by Gasteiger charge is -2.07. The average molecular weight is 261 g/mol. The second kappa shape index (κ2) is 5.25. The Labute approximate surface area is 118 Å². The molecule has 0 unspecified atom stereocenters. The molecule has 0 N–H and O–H groups in total. The Balaban J connectivity index is 1.98. The van der Waals surface area contributed by atoms with Crippen LogP contribution in [-0.2, 0) is 6.42 Å². The number of carbonyl (C=O) groups is 1. The summed E-state index contributed by atoms with van der Waals surface area (Å²) in [5.74, 6) is 0. The summed E-state index contributed by atoms with van der Waals surface area (Å²) < 4.78 is 0. The van der Waals surface area contributed by atoms with Gasteiger partial charge in [0.25, 0.3) is 0 Å². The summed E-state index contributed by atoms with van der Waals surface area (Å²) >= 11 is 0. The van der Waals surface area contributed by atoms with Gasteiger partial charge in [0, 0.05) is 23.1 Å². The summed E-state index contributed by atoms with van der Waals surface area (Å²) in [4.78, 5) is 15.6. The molecule has 0 aliphatic heterocycles. The maximum Gasteiger partial charge on any atom is 0.150 e. The number of pyridine rings is 1. The SMILES string of the molecule is Cc1ccc(C=O)cc1Cc1ccc2ccccc2n1. The van der Waals surface area contributed by atoms with Crippen LogP contribution in [0.25, 0.3) is 10.9 Å². The van der Waals surface area contributed by atoms with Crippen LogP contribution in [0.1, 0.15) is 27.2 Å². The lowest BCUT2D eigenvalue weighted by molar-refractivity contribution is 0.112. The van der Waals surface area contributed by atoms with E-state index >= 15 is 0 Å². The number of para-hydroxylation sites is 1.